The summed E-state index contributed by atoms with van der Waals surface area (Å²) in [4.78, 5) is 36.6. The molecule has 1 aliphatic rings. The van der Waals surface area contributed by atoms with E-state index in [-0.39, 0.29) is 24.5 Å². The average molecular weight is 444 g/mol. The number of nitrogens with zero attached hydrogens (tertiary/aromatic N) is 1. The number of amides is 1. The topological polar surface area (TPSA) is 104 Å². The minimum Gasteiger partial charge on any atom is -0.493 e. The molecule has 0 radical (unpaired) electrons. The highest BCUT2D eigenvalue weighted by molar-refractivity contribution is 8.27. The predicted octanol–water partition coefficient (Wildman–Crippen LogP) is 3.95. The van der Waals surface area contributed by atoms with Gasteiger partial charge in [-0.05, 0) is 48.4 Å². The van der Waals surface area contributed by atoms with E-state index in [0.29, 0.717) is 26.2 Å². The largest absolute Gasteiger partial charge is 0.493 e. The Morgan fingerprint density at radius 2 is 1.97 bits per heavy atom. The van der Waals surface area contributed by atoms with Crippen molar-refractivity contribution in [1.29, 1.82) is 0 Å². The van der Waals surface area contributed by atoms with E-state index in [9.17, 15) is 19.5 Å². The smallest absolute Gasteiger partial charge is 0.335 e. The van der Waals surface area contributed by atoms with E-state index >= 15 is 0 Å². The molecule has 2 aromatic rings. The Balaban J connectivity index is 1.85. The molecule has 1 fully saturated rings. The molecule has 0 unspecified atom stereocenters. The quantitative estimate of drug-likeness (QED) is 0.490. The van der Waals surface area contributed by atoms with Crippen LogP contribution >= 0.6 is 24.0 Å². The van der Waals surface area contributed by atoms with Gasteiger partial charge in [0.15, 0.2) is 4.32 Å². The van der Waals surface area contributed by atoms with Gasteiger partial charge >= 0.3 is 11.9 Å². The first kappa shape index (κ1) is 21.5. The summed E-state index contributed by atoms with van der Waals surface area (Å²) in [6, 6.07) is 11.5. The molecule has 154 valence electrons. The average Bonchev–Trinajstić information content (AvgIpc) is 2.95. The maximum atomic E-state index is 13.0. The zero-order valence-corrected chi connectivity index (χ0v) is 17.5. The van der Waals surface area contributed by atoms with Crippen molar-refractivity contribution in [3.8, 4) is 5.75 Å². The van der Waals surface area contributed by atoms with Gasteiger partial charge in [-0.2, -0.15) is 0 Å². The van der Waals surface area contributed by atoms with E-state index in [1.807, 2.05) is 0 Å². The Labute approximate surface area is 182 Å². The molecule has 9 heteroatoms. The van der Waals surface area contributed by atoms with Gasteiger partial charge < -0.3 is 14.9 Å². The van der Waals surface area contributed by atoms with E-state index in [1.54, 1.807) is 43.3 Å². The number of rotatable bonds is 7. The maximum absolute atomic E-state index is 13.0. The van der Waals surface area contributed by atoms with Crippen molar-refractivity contribution in [1.82, 2.24) is 0 Å². The third-order valence-electron chi connectivity index (χ3n) is 4.23. The molecule has 0 saturated carbocycles. The summed E-state index contributed by atoms with van der Waals surface area (Å²) in [5, 5.41) is 17.9. The van der Waals surface area contributed by atoms with Gasteiger partial charge in [-0.1, -0.05) is 42.2 Å². The highest BCUT2D eigenvalue weighted by Gasteiger charge is 2.34. The summed E-state index contributed by atoms with van der Waals surface area (Å²) < 4.78 is 5.73. The summed E-state index contributed by atoms with van der Waals surface area (Å²) in [7, 11) is 0. The molecule has 0 bridgehead atoms. The molecular formula is C21H17NO6S2. The number of carboxylic acids is 2. The lowest BCUT2D eigenvalue weighted by Crippen LogP contribution is -2.28. The molecule has 2 N–H and O–H groups in total. The van der Waals surface area contributed by atoms with Gasteiger partial charge in [0.05, 0.1) is 29.2 Å². The number of aromatic carboxylic acids is 1. The van der Waals surface area contributed by atoms with Crippen molar-refractivity contribution in [2.45, 2.75) is 13.3 Å². The number of anilines is 1. The zero-order chi connectivity index (χ0) is 21.8. The van der Waals surface area contributed by atoms with Crippen molar-refractivity contribution in [3.05, 3.63) is 64.1 Å². The number of thiocarbonyl (C=S) groups is 1. The Hall–Kier alpha value is -3.17. The van der Waals surface area contributed by atoms with Crippen LogP contribution < -0.4 is 9.64 Å². The number of carbonyl (C=O) groups excluding carboxylic acids is 1. The molecule has 30 heavy (non-hydrogen) atoms. The van der Waals surface area contributed by atoms with Gasteiger partial charge in [-0.25, -0.2) is 4.79 Å². The van der Waals surface area contributed by atoms with E-state index < -0.39 is 11.9 Å². The summed E-state index contributed by atoms with van der Waals surface area (Å²) in [5.41, 5.74) is 1.93. The third kappa shape index (κ3) is 4.87. The van der Waals surface area contributed by atoms with Gasteiger partial charge in [0, 0.05) is 0 Å². The molecule has 1 aliphatic heterocycles. The maximum Gasteiger partial charge on any atom is 0.335 e. The molecule has 0 atom stereocenters. The minimum atomic E-state index is -1.09. The second kappa shape index (κ2) is 9.10. The normalized spacial score (nSPS) is 15.0. The third-order valence-corrected chi connectivity index (χ3v) is 5.53. The predicted molar refractivity (Wildman–Crippen MR) is 118 cm³/mol. The van der Waals surface area contributed by atoms with Crippen LogP contribution in [-0.4, -0.2) is 39.0 Å². The Bertz CT molecular complexity index is 1080. The number of benzene rings is 2. The first-order chi connectivity index (χ1) is 14.3. The number of aliphatic carboxylic acids is 1. The standard InChI is InChI=1S/C21H17NO6S2/c1-12-5-6-14(20(26)27)11-16(12)22-19(25)17(30-21(22)29)10-13-3-2-4-15(9-13)28-8-7-18(23)24/h2-6,9-11H,7-8H2,1H3,(H,23,24)(H,26,27)/b17-10-. The van der Waals surface area contributed by atoms with Crippen LogP contribution in [0.15, 0.2) is 47.4 Å². The van der Waals surface area contributed by atoms with Crippen molar-refractivity contribution >= 4 is 57.9 Å². The van der Waals surface area contributed by atoms with Gasteiger partial charge in [0.25, 0.3) is 5.91 Å². The van der Waals surface area contributed by atoms with Crippen molar-refractivity contribution < 1.29 is 29.3 Å². The van der Waals surface area contributed by atoms with Crippen LogP contribution in [0.3, 0.4) is 0 Å². The molecule has 0 spiro atoms. The monoisotopic (exact) mass is 443 g/mol. The number of carboxylic acid groups (broad SMARTS) is 2. The van der Waals surface area contributed by atoms with Crippen molar-refractivity contribution in [2.75, 3.05) is 11.5 Å². The molecular weight excluding hydrogens is 426 g/mol. The first-order valence-corrected chi connectivity index (χ1v) is 10.1. The molecule has 0 aliphatic carbocycles. The number of thioether (sulfide) groups is 1. The molecule has 3 rings (SSSR count). The van der Waals surface area contributed by atoms with E-state index in [2.05, 4.69) is 0 Å². The van der Waals surface area contributed by atoms with Crippen LogP contribution in [-0.2, 0) is 9.59 Å². The number of ether oxygens (including phenoxy) is 1. The van der Waals surface area contributed by atoms with Crippen LogP contribution in [0, 0.1) is 6.92 Å². The van der Waals surface area contributed by atoms with Gasteiger partial charge in [-0.3, -0.25) is 14.5 Å². The van der Waals surface area contributed by atoms with Crippen molar-refractivity contribution in [3.63, 3.8) is 0 Å². The fourth-order valence-corrected chi connectivity index (χ4v) is 4.05. The van der Waals surface area contributed by atoms with Gasteiger partial charge in [-0.15, -0.1) is 0 Å². The highest BCUT2D eigenvalue weighted by atomic mass is 32.2. The van der Waals surface area contributed by atoms with E-state index in [0.717, 1.165) is 17.3 Å². The van der Waals surface area contributed by atoms with Crippen LogP contribution in [0.1, 0.15) is 27.9 Å². The lowest BCUT2D eigenvalue weighted by Gasteiger charge is -2.17. The second-order valence-electron chi connectivity index (χ2n) is 6.39. The van der Waals surface area contributed by atoms with Crippen LogP contribution in [0.4, 0.5) is 5.69 Å². The Morgan fingerprint density at radius 1 is 1.20 bits per heavy atom. The van der Waals surface area contributed by atoms with Gasteiger partial charge in [0.1, 0.15) is 5.75 Å². The summed E-state index contributed by atoms with van der Waals surface area (Å²) in [6.45, 7) is 1.82. The number of aryl methyl sites for hydroxylation is 1. The first-order valence-electron chi connectivity index (χ1n) is 8.83. The highest BCUT2D eigenvalue weighted by Crippen LogP contribution is 2.37. The van der Waals surface area contributed by atoms with Crippen molar-refractivity contribution in [2.24, 2.45) is 0 Å². The Morgan fingerprint density at radius 3 is 2.67 bits per heavy atom. The number of hydrogen-bond donors (Lipinski definition) is 2. The second-order valence-corrected chi connectivity index (χ2v) is 8.06. The molecule has 1 amide bonds. The fraction of sp³-hybridized carbons (Fsp3) is 0.143. The molecule has 0 aromatic heterocycles. The van der Waals surface area contributed by atoms with Crippen LogP contribution in [0.2, 0.25) is 0 Å². The van der Waals surface area contributed by atoms with E-state index in [4.69, 9.17) is 22.1 Å². The lowest BCUT2D eigenvalue weighted by atomic mass is 10.1. The zero-order valence-electron chi connectivity index (χ0n) is 15.8. The number of carbonyl (C=O) groups is 3. The molecule has 7 nitrogen and oxygen atoms in total. The molecule has 1 heterocycles. The Kier molecular flexibility index (Phi) is 6.53. The van der Waals surface area contributed by atoms with Gasteiger partial charge in [0.2, 0.25) is 0 Å². The van der Waals surface area contributed by atoms with Crippen LogP contribution in [0.25, 0.3) is 6.08 Å². The lowest BCUT2D eigenvalue weighted by molar-refractivity contribution is -0.137. The van der Waals surface area contributed by atoms with Crippen LogP contribution in [0.5, 0.6) is 5.75 Å². The summed E-state index contributed by atoms with van der Waals surface area (Å²) in [5.74, 6) is -1.88. The fourth-order valence-electron chi connectivity index (χ4n) is 2.76. The minimum absolute atomic E-state index is 0.0418. The summed E-state index contributed by atoms with van der Waals surface area (Å²) in [6.07, 6.45) is 1.55. The number of hydrogen-bond acceptors (Lipinski definition) is 6. The summed E-state index contributed by atoms with van der Waals surface area (Å²) >= 11 is 6.49. The molecule has 1 saturated heterocycles. The SMILES string of the molecule is Cc1ccc(C(=O)O)cc1N1C(=O)/C(=C/c2cccc(OCCC(=O)O)c2)SC1=S. The molecule has 2 aromatic carbocycles. The van der Waals surface area contributed by atoms with E-state index in [1.165, 1.54) is 17.0 Å².